The van der Waals surface area contributed by atoms with Gasteiger partial charge in [-0.2, -0.15) is 0 Å². The van der Waals surface area contributed by atoms with E-state index < -0.39 is 0 Å². The Morgan fingerprint density at radius 2 is 1.06 bits per heavy atom. The van der Waals surface area contributed by atoms with Crippen LogP contribution in [0.15, 0.2) is 144 Å². The number of hydrogen-bond donors (Lipinski definition) is 2. The van der Waals surface area contributed by atoms with Gasteiger partial charge in [0.15, 0.2) is 0 Å². The van der Waals surface area contributed by atoms with Gasteiger partial charge in [0, 0.05) is 78.0 Å². The minimum atomic E-state index is -0.317. The smallest absolute Gasteiger partial charge is 0.256 e. The number of nitrogens with one attached hydrogen (secondary N) is 2. The van der Waals surface area contributed by atoms with E-state index in [4.69, 9.17) is 37.7 Å². The van der Waals surface area contributed by atoms with Gasteiger partial charge in [0.2, 0.25) is 0 Å². The van der Waals surface area contributed by atoms with Gasteiger partial charge in [0.1, 0.15) is 23.1 Å². The number of carbonyl (C=O) groups is 2. The molecule has 0 aliphatic rings. The number of carbonyl (C=O) groups excluding carboxylic acids is 2. The maximum absolute atomic E-state index is 13.9. The van der Waals surface area contributed by atoms with Crippen molar-refractivity contribution in [1.29, 1.82) is 0 Å². The maximum atomic E-state index is 13.9. The Labute approximate surface area is 409 Å². The summed E-state index contributed by atoms with van der Waals surface area (Å²) in [5.41, 5.74) is 5.82. The summed E-state index contributed by atoms with van der Waals surface area (Å²) < 4.78 is 40.1. The molecule has 4 heterocycles. The van der Waals surface area contributed by atoms with E-state index in [0.717, 1.165) is 51.7 Å². The summed E-state index contributed by atoms with van der Waals surface area (Å²) >= 11 is 17.6. The molecule has 0 spiro atoms. The Bertz CT molecular complexity index is 3420. The molecule has 2 amide bonds. The number of ether oxygens (including phenoxy) is 2. The minimum Gasteiger partial charge on any atom is -0.497 e. The number of benzene rings is 6. The number of anilines is 2. The molecule has 6 aromatic carbocycles. The number of pyridine rings is 2. The van der Waals surface area contributed by atoms with Gasteiger partial charge in [-0.1, -0.05) is 23.2 Å². The van der Waals surface area contributed by atoms with E-state index in [-0.39, 0.29) is 23.4 Å². The van der Waals surface area contributed by atoms with Gasteiger partial charge in [-0.05, 0) is 163 Å². The van der Waals surface area contributed by atoms with Gasteiger partial charge >= 0.3 is 0 Å². The average Bonchev–Trinajstić information content (AvgIpc) is 3.91. The van der Waals surface area contributed by atoms with Crippen LogP contribution in [-0.4, -0.2) is 36.0 Å². The molecule has 0 fully saturated rings. The number of aromatic nitrogens is 2. The van der Waals surface area contributed by atoms with E-state index >= 15 is 0 Å². The molecule has 66 heavy (non-hydrogen) atoms. The first-order valence-electron chi connectivity index (χ1n) is 19.9. The third-order valence-electron chi connectivity index (χ3n) is 10.2. The molecule has 330 valence electrons. The lowest BCUT2D eigenvalue weighted by Crippen LogP contribution is -2.13. The minimum absolute atomic E-state index is 0.159. The van der Waals surface area contributed by atoms with Crippen LogP contribution in [0.2, 0.25) is 10.0 Å². The standard InChI is InChI=1S/C25H16ClFN2O2S.C18H15ClN2O2.C8H4FIS/c1-31-17-6-4-16(5-7-17)28-25(30)20-12-23(29-22-8-2-14(26)10-18(20)22)21-13-32-24-9-3-15(27)11-19(21)24;1-11-9-16(15-10-12(19)3-8-17(15)20-11)18(22)21-13-4-6-14(23-2)7-5-13;9-5-1-2-8-6(3-5)7(10)4-11-8/h2-13H,1H3,(H,28,30);3-10H,1-2H3,(H,21,22);1-4H. The zero-order valence-corrected chi connectivity index (χ0v) is 40.4. The molecule has 10 aromatic rings. The number of nitrogens with zero attached hydrogens (tertiary/aromatic N) is 2. The van der Waals surface area contributed by atoms with Crippen molar-refractivity contribution in [2.24, 2.45) is 0 Å². The molecule has 0 aliphatic carbocycles. The fourth-order valence-electron chi connectivity index (χ4n) is 6.96. The van der Waals surface area contributed by atoms with Crippen molar-refractivity contribution in [1.82, 2.24) is 9.97 Å². The van der Waals surface area contributed by atoms with E-state index in [9.17, 15) is 18.4 Å². The van der Waals surface area contributed by atoms with Crippen LogP contribution in [0.3, 0.4) is 0 Å². The summed E-state index contributed by atoms with van der Waals surface area (Å²) in [5, 5.41) is 14.0. The first-order chi connectivity index (χ1) is 31.8. The van der Waals surface area contributed by atoms with Crippen LogP contribution in [0.4, 0.5) is 20.2 Å². The summed E-state index contributed by atoms with van der Waals surface area (Å²) in [6, 6.07) is 37.9. The van der Waals surface area contributed by atoms with Crippen LogP contribution in [-0.2, 0) is 0 Å². The van der Waals surface area contributed by atoms with Crippen LogP contribution in [0.5, 0.6) is 11.5 Å². The highest BCUT2D eigenvalue weighted by Crippen LogP contribution is 2.36. The van der Waals surface area contributed by atoms with Crippen LogP contribution in [0, 0.1) is 22.1 Å². The number of halogens is 5. The lowest BCUT2D eigenvalue weighted by molar-refractivity contribution is 0.102. The zero-order valence-electron chi connectivity index (χ0n) is 35.1. The Balaban J connectivity index is 0.000000151. The normalized spacial score (nSPS) is 10.8. The lowest BCUT2D eigenvalue weighted by atomic mass is 10.0. The third-order valence-corrected chi connectivity index (χ3v) is 13.9. The summed E-state index contributed by atoms with van der Waals surface area (Å²) in [6.45, 7) is 1.86. The zero-order chi connectivity index (χ0) is 46.5. The highest BCUT2D eigenvalue weighted by molar-refractivity contribution is 14.1. The summed E-state index contributed by atoms with van der Waals surface area (Å²) in [7, 11) is 3.19. The number of hydrogen-bond acceptors (Lipinski definition) is 8. The van der Waals surface area contributed by atoms with Crippen molar-refractivity contribution < 1.29 is 27.8 Å². The topological polar surface area (TPSA) is 102 Å². The van der Waals surface area contributed by atoms with Gasteiger partial charge in [-0.25, -0.2) is 13.8 Å². The Morgan fingerprint density at radius 1 is 0.576 bits per heavy atom. The SMILES string of the molecule is COc1ccc(NC(=O)c2cc(-c3csc4ccc(F)cc34)nc3ccc(Cl)cc23)cc1.COc1ccc(NC(=O)c2cc(C)nc3ccc(Cl)cc23)cc1.Fc1ccc2scc(I)c2c1. The molecule has 15 heteroatoms. The predicted octanol–water partition coefficient (Wildman–Crippen LogP) is 15.3. The highest BCUT2D eigenvalue weighted by Gasteiger charge is 2.18. The molecule has 10 rings (SSSR count). The van der Waals surface area contributed by atoms with Crippen LogP contribution in [0.1, 0.15) is 26.4 Å². The van der Waals surface area contributed by atoms with Crippen molar-refractivity contribution in [3.05, 3.63) is 186 Å². The molecule has 2 N–H and O–H groups in total. The van der Waals surface area contributed by atoms with Crippen LogP contribution in [0.25, 0.3) is 53.2 Å². The molecule has 0 atom stereocenters. The summed E-state index contributed by atoms with van der Waals surface area (Å²) in [4.78, 5) is 35.1. The average molecular weight is 1070 g/mol. The van der Waals surface area contributed by atoms with Crippen LogP contribution < -0.4 is 20.1 Å². The number of thiophene rings is 2. The first-order valence-corrected chi connectivity index (χ1v) is 23.5. The van der Waals surface area contributed by atoms with Gasteiger partial charge in [-0.3, -0.25) is 14.6 Å². The molecular formula is C51H35Cl2F2IN4O4S2. The molecule has 8 nitrogen and oxygen atoms in total. The molecule has 0 bridgehead atoms. The second-order valence-electron chi connectivity index (χ2n) is 14.6. The molecule has 4 aromatic heterocycles. The van der Waals surface area contributed by atoms with E-state index in [1.807, 2.05) is 29.8 Å². The number of amides is 2. The molecule has 0 saturated heterocycles. The van der Waals surface area contributed by atoms with Gasteiger partial charge < -0.3 is 20.1 Å². The van der Waals surface area contributed by atoms with E-state index in [1.165, 1.54) is 29.5 Å². The maximum Gasteiger partial charge on any atom is 0.256 e. The first kappa shape index (κ1) is 46.3. The largest absolute Gasteiger partial charge is 0.497 e. The number of rotatable bonds is 7. The molecule has 0 unspecified atom stereocenters. The second-order valence-corrected chi connectivity index (χ2v) is 18.4. The summed E-state index contributed by atoms with van der Waals surface area (Å²) in [5.74, 6) is 0.462. The fraction of sp³-hybridized carbons (Fsp3) is 0.0588. The molecule has 0 saturated carbocycles. The highest BCUT2D eigenvalue weighted by atomic mass is 127. The van der Waals surface area contributed by atoms with Crippen LogP contribution >= 0.6 is 68.5 Å². The Morgan fingerprint density at radius 3 is 1.61 bits per heavy atom. The van der Waals surface area contributed by atoms with Gasteiger partial charge in [0.05, 0.1) is 42.1 Å². The van der Waals surface area contributed by atoms with Gasteiger partial charge in [0.25, 0.3) is 11.8 Å². The van der Waals surface area contributed by atoms with Crippen molar-refractivity contribution in [3.63, 3.8) is 0 Å². The second kappa shape index (κ2) is 20.5. The molecular weight excluding hydrogens is 1030 g/mol. The number of methoxy groups -OCH3 is 2. The van der Waals surface area contributed by atoms with Crippen molar-refractivity contribution in [2.75, 3.05) is 24.9 Å². The Kier molecular flexibility index (Phi) is 14.4. The molecule has 0 radical (unpaired) electrons. The lowest BCUT2D eigenvalue weighted by Gasteiger charge is -2.11. The molecule has 0 aliphatic heterocycles. The van der Waals surface area contributed by atoms with Gasteiger partial charge in [-0.15, -0.1) is 22.7 Å². The summed E-state index contributed by atoms with van der Waals surface area (Å²) in [6.07, 6.45) is 0. The van der Waals surface area contributed by atoms with E-state index in [0.29, 0.717) is 54.9 Å². The quantitative estimate of drug-likeness (QED) is 0.154. The van der Waals surface area contributed by atoms with Crippen molar-refractivity contribution in [3.8, 4) is 22.8 Å². The van der Waals surface area contributed by atoms with Crippen molar-refractivity contribution in [2.45, 2.75) is 6.92 Å². The number of aryl methyl sites for hydroxylation is 1. The van der Waals surface area contributed by atoms with Crippen molar-refractivity contribution >= 4 is 134 Å². The fourth-order valence-corrected chi connectivity index (χ4v) is 10.0. The third kappa shape index (κ3) is 10.7. The Hall–Kier alpha value is -6.23. The van der Waals surface area contributed by atoms with E-state index in [1.54, 1.807) is 129 Å². The number of fused-ring (bicyclic) bond motifs is 4. The monoisotopic (exact) mass is 1070 g/mol. The predicted molar refractivity (Wildman–Crippen MR) is 275 cm³/mol. The van der Waals surface area contributed by atoms with E-state index in [2.05, 4.69) is 38.2 Å².